The predicted octanol–water partition coefficient (Wildman–Crippen LogP) is 4.40. The number of hydrogen-bond donors (Lipinski definition) is 2. The van der Waals surface area contributed by atoms with Crippen LogP contribution in [0.4, 0.5) is 11.4 Å². The van der Waals surface area contributed by atoms with Gasteiger partial charge in [-0.15, -0.1) is 0 Å². The van der Waals surface area contributed by atoms with Crippen molar-refractivity contribution in [3.8, 4) is 0 Å². The van der Waals surface area contributed by atoms with E-state index in [-0.39, 0.29) is 11.5 Å². The molecule has 2 aromatic rings. The maximum absolute atomic E-state index is 12.8. The van der Waals surface area contributed by atoms with Crippen LogP contribution in [0.2, 0.25) is 0 Å². The lowest BCUT2D eigenvalue weighted by molar-refractivity contribution is 0.0696. The van der Waals surface area contributed by atoms with Gasteiger partial charge in [0, 0.05) is 24.7 Å². The molecule has 0 aliphatic carbocycles. The quantitative estimate of drug-likeness (QED) is 0.749. The van der Waals surface area contributed by atoms with Gasteiger partial charge in [0.1, 0.15) is 0 Å². The summed E-state index contributed by atoms with van der Waals surface area (Å²) < 4.78 is 0. The molecule has 1 amide bonds. The summed E-state index contributed by atoms with van der Waals surface area (Å²) in [5.41, 5.74) is 3.26. The van der Waals surface area contributed by atoms with Crippen molar-refractivity contribution in [3.63, 3.8) is 0 Å². The van der Waals surface area contributed by atoms with Gasteiger partial charge < -0.3 is 20.2 Å². The van der Waals surface area contributed by atoms with E-state index in [9.17, 15) is 14.7 Å². The number of aryl methyl sites for hydroxylation is 1. The van der Waals surface area contributed by atoms with Gasteiger partial charge >= 0.3 is 5.97 Å². The van der Waals surface area contributed by atoms with Crippen molar-refractivity contribution in [2.45, 2.75) is 45.1 Å². The van der Waals surface area contributed by atoms with Gasteiger partial charge in [0.15, 0.2) is 0 Å². The second kappa shape index (κ2) is 9.52. The standard InChI is InChI=1S/C25H31N3O3/c1-18-5-7-19(8-6-18)24(29)26-22-17-20(25(30)31)9-10-23(22)28-15-11-21(12-16-28)27-13-3-2-4-14-27/h5-10,17,21H,2-4,11-16H2,1H3,(H,26,29)(H,30,31). The van der Waals surface area contributed by atoms with E-state index in [0.717, 1.165) is 37.2 Å². The first kappa shape index (κ1) is 21.4. The van der Waals surface area contributed by atoms with Crippen molar-refractivity contribution in [2.24, 2.45) is 0 Å². The minimum Gasteiger partial charge on any atom is -0.478 e. The molecule has 0 unspecified atom stereocenters. The van der Waals surface area contributed by atoms with Crippen molar-refractivity contribution < 1.29 is 14.7 Å². The molecule has 2 saturated heterocycles. The molecular weight excluding hydrogens is 390 g/mol. The Hall–Kier alpha value is -2.86. The van der Waals surface area contributed by atoms with Crippen molar-refractivity contribution in [2.75, 3.05) is 36.4 Å². The van der Waals surface area contributed by atoms with Gasteiger partial charge in [-0.3, -0.25) is 4.79 Å². The molecule has 6 nitrogen and oxygen atoms in total. The second-order valence-corrected chi connectivity index (χ2v) is 8.67. The van der Waals surface area contributed by atoms with E-state index < -0.39 is 5.97 Å². The van der Waals surface area contributed by atoms with Crippen LogP contribution >= 0.6 is 0 Å². The number of rotatable bonds is 5. The summed E-state index contributed by atoms with van der Waals surface area (Å²) in [5, 5.41) is 12.4. The molecule has 2 N–H and O–H groups in total. The molecule has 4 rings (SSSR count). The molecule has 2 aromatic carbocycles. The van der Waals surface area contributed by atoms with Gasteiger partial charge in [-0.2, -0.15) is 0 Å². The molecule has 0 spiro atoms. The second-order valence-electron chi connectivity index (χ2n) is 8.67. The van der Waals surface area contributed by atoms with Crippen LogP contribution in [0.1, 0.15) is 58.4 Å². The third kappa shape index (κ3) is 5.07. The summed E-state index contributed by atoms with van der Waals surface area (Å²) in [4.78, 5) is 29.2. The van der Waals surface area contributed by atoms with Crippen molar-refractivity contribution in [1.29, 1.82) is 0 Å². The molecular formula is C25H31N3O3. The average Bonchev–Trinajstić information content (AvgIpc) is 2.80. The van der Waals surface area contributed by atoms with Gasteiger partial charge in [-0.05, 0) is 76.0 Å². The Morgan fingerprint density at radius 3 is 2.19 bits per heavy atom. The first-order valence-corrected chi connectivity index (χ1v) is 11.3. The maximum atomic E-state index is 12.8. The summed E-state index contributed by atoms with van der Waals surface area (Å²) in [6, 6.07) is 13.0. The van der Waals surface area contributed by atoms with E-state index in [1.807, 2.05) is 25.1 Å². The normalized spacial score (nSPS) is 18.0. The topological polar surface area (TPSA) is 72.9 Å². The highest BCUT2D eigenvalue weighted by Crippen LogP contribution is 2.31. The largest absolute Gasteiger partial charge is 0.478 e. The highest BCUT2D eigenvalue weighted by atomic mass is 16.4. The van der Waals surface area contributed by atoms with Gasteiger partial charge in [0.2, 0.25) is 0 Å². The van der Waals surface area contributed by atoms with Crippen molar-refractivity contribution in [3.05, 3.63) is 59.2 Å². The molecule has 2 fully saturated rings. The monoisotopic (exact) mass is 421 g/mol. The fourth-order valence-corrected chi connectivity index (χ4v) is 4.70. The van der Waals surface area contributed by atoms with Crippen LogP contribution in [0.15, 0.2) is 42.5 Å². The van der Waals surface area contributed by atoms with Gasteiger partial charge in [-0.1, -0.05) is 24.1 Å². The number of nitrogens with one attached hydrogen (secondary N) is 1. The molecule has 0 atom stereocenters. The molecule has 2 aliphatic rings. The third-order valence-electron chi connectivity index (χ3n) is 6.52. The first-order valence-electron chi connectivity index (χ1n) is 11.3. The number of aromatic carboxylic acids is 1. The number of amides is 1. The Kier molecular flexibility index (Phi) is 6.56. The molecule has 0 radical (unpaired) electrons. The fraction of sp³-hybridized carbons (Fsp3) is 0.440. The molecule has 6 heteroatoms. The number of anilines is 2. The Labute approximate surface area is 183 Å². The first-order chi connectivity index (χ1) is 15.0. The van der Waals surface area contributed by atoms with Crippen LogP contribution in [0.3, 0.4) is 0 Å². The summed E-state index contributed by atoms with van der Waals surface area (Å²) in [6.45, 7) is 6.19. The summed E-state index contributed by atoms with van der Waals surface area (Å²) in [5.74, 6) is -1.23. The minimum atomic E-state index is -0.999. The zero-order valence-electron chi connectivity index (χ0n) is 18.1. The van der Waals surface area contributed by atoms with Crippen LogP contribution in [0.5, 0.6) is 0 Å². The van der Waals surface area contributed by atoms with Gasteiger partial charge in [-0.25, -0.2) is 4.79 Å². The minimum absolute atomic E-state index is 0.172. The molecule has 31 heavy (non-hydrogen) atoms. The Morgan fingerprint density at radius 1 is 0.903 bits per heavy atom. The number of carboxylic acid groups (broad SMARTS) is 1. The van der Waals surface area contributed by atoms with E-state index in [0.29, 0.717) is 17.3 Å². The average molecular weight is 422 g/mol. The lowest BCUT2D eigenvalue weighted by Gasteiger charge is -2.41. The van der Waals surface area contributed by atoms with Crippen LogP contribution < -0.4 is 10.2 Å². The number of carbonyl (C=O) groups excluding carboxylic acids is 1. The number of likely N-dealkylation sites (tertiary alicyclic amines) is 1. The molecule has 164 valence electrons. The molecule has 0 saturated carbocycles. The van der Waals surface area contributed by atoms with Gasteiger partial charge in [0.25, 0.3) is 5.91 Å². The van der Waals surface area contributed by atoms with E-state index in [1.165, 1.54) is 32.4 Å². The number of hydrogen-bond acceptors (Lipinski definition) is 4. The van der Waals surface area contributed by atoms with Crippen LogP contribution in [0, 0.1) is 6.92 Å². The van der Waals surface area contributed by atoms with Crippen molar-refractivity contribution in [1.82, 2.24) is 4.90 Å². The van der Waals surface area contributed by atoms with E-state index in [1.54, 1.807) is 24.3 Å². The molecule has 2 aliphatic heterocycles. The van der Waals surface area contributed by atoms with Crippen molar-refractivity contribution >= 4 is 23.3 Å². The smallest absolute Gasteiger partial charge is 0.335 e. The van der Waals surface area contributed by atoms with E-state index >= 15 is 0 Å². The van der Waals surface area contributed by atoms with E-state index in [2.05, 4.69) is 15.1 Å². The Bertz CT molecular complexity index is 928. The fourth-order valence-electron chi connectivity index (χ4n) is 4.70. The third-order valence-corrected chi connectivity index (χ3v) is 6.52. The Balaban J connectivity index is 1.51. The van der Waals surface area contributed by atoms with Crippen LogP contribution in [-0.4, -0.2) is 54.1 Å². The summed E-state index contributed by atoms with van der Waals surface area (Å²) in [6.07, 6.45) is 6.12. The highest BCUT2D eigenvalue weighted by molar-refractivity contribution is 6.06. The van der Waals surface area contributed by atoms with Crippen LogP contribution in [-0.2, 0) is 0 Å². The number of carbonyl (C=O) groups is 2. The zero-order chi connectivity index (χ0) is 21.8. The summed E-state index contributed by atoms with van der Waals surface area (Å²) >= 11 is 0. The maximum Gasteiger partial charge on any atom is 0.335 e. The molecule has 0 aromatic heterocycles. The number of benzene rings is 2. The summed E-state index contributed by atoms with van der Waals surface area (Å²) in [7, 11) is 0. The number of carboxylic acids is 1. The Morgan fingerprint density at radius 2 is 1.55 bits per heavy atom. The number of piperidine rings is 2. The predicted molar refractivity (Wildman–Crippen MR) is 123 cm³/mol. The SMILES string of the molecule is Cc1ccc(C(=O)Nc2cc(C(=O)O)ccc2N2CCC(N3CCCCC3)CC2)cc1. The lowest BCUT2D eigenvalue weighted by atomic mass is 9.99. The molecule has 0 bridgehead atoms. The number of nitrogens with zero attached hydrogens (tertiary/aromatic N) is 2. The zero-order valence-corrected chi connectivity index (χ0v) is 18.1. The van der Waals surface area contributed by atoms with Crippen LogP contribution in [0.25, 0.3) is 0 Å². The highest BCUT2D eigenvalue weighted by Gasteiger charge is 2.27. The molecule has 2 heterocycles. The van der Waals surface area contributed by atoms with E-state index in [4.69, 9.17) is 0 Å². The lowest BCUT2D eigenvalue weighted by Crippen LogP contribution is -2.46. The van der Waals surface area contributed by atoms with Gasteiger partial charge in [0.05, 0.1) is 16.9 Å².